The van der Waals surface area contributed by atoms with Crippen molar-refractivity contribution in [3.8, 4) is 0 Å². The van der Waals surface area contributed by atoms with E-state index in [4.69, 9.17) is 56.8 Å². The normalized spacial score (nSPS) is 11.3. The third-order valence-electron chi connectivity index (χ3n) is 5.00. The quantitative estimate of drug-likeness (QED) is 0.0574. The largest absolute Gasteiger partial charge is 0.460 e. The molecule has 0 N–H and O–H groups in total. The Labute approximate surface area is 252 Å². The van der Waals surface area contributed by atoms with Crippen molar-refractivity contribution < 1.29 is 61.6 Å². The van der Waals surface area contributed by atoms with Crippen LogP contribution in [0.5, 0.6) is 0 Å². The van der Waals surface area contributed by atoms with Crippen LogP contribution in [0.25, 0.3) is 0 Å². The molecule has 0 heterocycles. The van der Waals surface area contributed by atoms with E-state index in [-0.39, 0.29) is 6.61 Å². The lowest BCUT2D eigenvalue weighted by Crippen LogP contribution is -2.15. The van der Waals surface area contributed by atoms with Crippen LogP contribution < -0.4 is 0 Å². The molecule has 0 saturated carbocycles. The van der Waals surface area contributed by atoms with Gasteiger partial charge in [0.2, 0.25) is 0 Å². The summed E-state index contributed by atoms with van der Waals surface area (Å²) in [6.45, 7) is 17.0. The van der Waals surface area contributed by atoms with E-state index in [1.54, 1.807) is 0 Å². The molecule has 0 atom stereocenters. The Hall–Kier alpha value is -1.23. The number of hydrogen-bond donors (Lipinski definition) is 0. The molecule has 0 aromatic carbocycles. The van der Waals surface area contributed by atoms with Crippen molar-refractivity contribution >= 4 is 5.97 Å². The molecule has 0 rings (SSSR count). The maximum atomic E-state index is 10.8. The monoisotopic (exact) mass is 612 g/mol. The lowest BCUT2D eigenvalue weighted by Gasteiger charge is -2.09. The lowest BCUT2D eigenvalue weighted by molar-refractivity contribution is -0.139. The maximum absolute atomic E-state index is 10.8. The molecule has 0 radical (unpaired) electrons. The Morgan fingerprint density at radius 1 is 0.405 bits per heavy atom. The van der Waals surface area contributed by atoms with Crippen molar-refractivity contribution in [3.05, 3.63) is 12.7 Å². The molecule has 13 nitrogen and oxygen atoms in total. The molecule has 0 aliphatic carbocycles. The van der Waals surface area contributed by atoms with Crippen LogP contribution in [0.2, 0.25) is 0 Å². The van der Waals surface area contributed by atoms with E-state index < -0.39 is 5.97 Å². The first-order valence-electron chi connectivity index (χ1n) is 15.0. The van der Waals surface area contributed by atoms with Gasteiger partial charge in [0.1, 0.15) is 6.61 Å². The van der Waals surface area contributed by atoms with Crippen molar-refractivity contribution in [2.45, 2.75) is 19.8 Å². The second-order valence-electron chi connectivity index (χ2n) is 8.46. The summed E-state index contributed by atoms with van der Waals surface area (Å²) in [6.07, 6.45) is 3.35. The average molecular weight is 613 g/mol. The summed E-state index contributed by atoms with van der Waals surface area (Å²) >= 11 is 0. The van der Waals surface area contributed by atoms with Crippen LogP contribution in [-0.2, 0) is 61.6 Å². The van der Waals surface area contributed by atoms with E-state index in [0.717, 1.165) is 25.5 Å². The van der Waals surface area contributed by atoms with E-state index in [2.05, 4.69) is 13.5 Å². The van der Waals surface area contributed by atoms with Gasteiger partial charge in [-0.25, -0.2) is 4.79 Å². The number of carbonyl (C=O) groups excluding carboxylic acids is 1. The molecule has 0 aromatic rings. The predicted octanol–water partition coefficient (Wildman–Crippen LogP) is 1.70. The minimum absolute atomic E-state index is 0.200. The van der Waals surface area contributed by atoms with Crippen LogP contribution in [0.3, 0.4) is 0 Å². The topological polar surface area (TPSA) is 128 Å². The van der Waals surface area contributed by atoms with E-state index in [0.29, 0.717) is 139 Å². The molecular formula is C29H56O13. The molecule has 250 valence electrons. The van der Waals surface area contributed by atoms with Gasteiger partial charge in [-0.15, -0.1) is 0 Å². The zero-order chi connectivity index (χ0) is 30.4. The number of ether oxygens (including phenoxy) is 12. The second kappa shape index (κ2) is 37.8. The van der Waals surface area contributed by atoms with Gasteiger partial charge in [0.05, 0.1) is 139 Å². The first kappa shape index (κ1) is 40.8. The molecule has 0 fully saturated rings. The predicted molar refractivity (Wildman–Crippen MR) is 155 cm³/mol. The van der Waals surface area contributed by atoms with Gasteiger partial charge in [0.15, 0.2) is 0 Å². The van der Waals surface area contributed by atoms with Crippen molar-refractivity contribution in [1.29, 1.82) is 0 Å². The van der Waals surface area contributed by atoms with Crippen LogP contribution in [0.1, 0.15) is 19.8 Å². The Morgan fingerprint density at radius 3 is 0.833 bits per heavy atom. The first-order valence-corrected chi connectivity index (χ1v) is 15.0. The fourth-order valence-electron chi connectivity index (χ4n) is 2.81. The molecule has 0 saturated heterocycles. The van der Waals surface area contributed by atoms with E-state index in [1.807, 2.05) is 0 Å². The highest BCUT2D eigenvalue weighted by atomic mass is 16.6. The summed E-state index contributed by atoms with van der Waals surface area (Å²) in [5, 5.41) is 0. The van der Waals surface area contributed by atoms with E-state index >= 15 is 0 Å². The van der Waals surface area contributed by atoms with Crippen LogP contribution in [0.15, 0.2) is 12.7 Å². The van der Waals surface area contributed by atoms with Crippen molar-refractivity contribution in [2.75, 3.05) is 152 Å². The average Bonchev–Trinajstić information content (AvgIpc) is 3.00. The Bertz CT molecular complexity index is 540. The van der Waals surface area contributed by atoms with Gasteiger partial charge in [0.25, 0.3) is 0 Å². The van der Waals surface area contributed by atoms with Crippen molar-refractivity contribution in [2.24, 2.45) is 0 Å². The van der Waals surface area contributed by atoms with E-state index in [9.17, 15) is 4.79 Å². The molecule has 0 bridgehead atoms. The summed E-state index contributed by atoms with van der Waals surface area (Å²) in [6, 6.07) is 0. The maximum Gasteiger partial charge on any atom is 0.330 e. The second-order valence-corrected chi connectivity index (χ2v) is 8.46. The summed E-state index contributed by atoms with van der Waals surface area (Å²) in [5.41, 5.74) is 0. The van der Waals surface area contributed by atoms with Gasteiger partial charge in [-0.2, -0.15) is 0 Å². The van der Waals surface area contributed by atoms with Gasteiger partial charge < -0.3 is 56.8 Å². The molecular weight excluding hydrogens is 556 g/mol. The number of rotatable bonds is 37. The molecule has 0 unspecified atom stereocenters. The fourth-order valence-corrected chi connectivity index (χ4v) is 2.81. The molecule has 0 spiro atoms. The SMILES string of the molecule is C=CC(=O)OCCOCCOCCOCCOCCOCCOCCOCCOCCOCCOCCOCCCC. The van der Waals surface area contributed by atoms with E-state index in [1.165, 1.54) is 0 Å². The summed E-state index contributed by atoms with van der Waals surface area (Å²) < 4.78 is 64.4. The summed E-state index contributed by atoms with van der Waals surface area (Å²) in [4.78, 5) is 10.8. The molecule has 42 heavy (non-hydrogen) atoms. The fraction of sp³-hybridized carbons (Fsp3) is 0.897. The minimum atomic E-state index is -0.458. The van der Waals surface area contributed by atoms with Gasteiger partial charge >= 0.3 is 5.97 Å². The van der Waals surface area contributed by atoms with Crippen molar-refractivity contribution in [3.63, 3.8) is 0 Å². The number of carbonyl (C=O) groups is 1. The third-order valence-corrected chi connectivity index (χ3v) is 5.00. The third kappa shape index (κ3) is 36.8. The van der Waals surface area contributed by atoms with Crippen LogP contribution in [0, 0.1) is 0 Å². The highest BCUT2D eigenvalue weighted by molar-refractivity contribution is 5.81. The first-order chi connectivity index (χ1) is 20.8. The summed E-state index contributed by atoms with van der Waals surface area (Å²) in [7, 11) is 0. The number of hydrogen-bond acceptors (Lipinski definition) is 13. The molecule has 0 aromatic heterocycles. The zero-order valence-corrected chi connectivity index (χ0v) is 25.8. The van der Waals surface area contributed by atoms with Gasteiger partial charge in [-0.05, 0) is 6.42 Å². The highest BCUT2D eigenvalue weighted by Gasteiger charge is 1.97. The molecule has 0 aliphatic heterocycles. The highest BCUT2D eigenvalue weighted by Crippen LogP contribution is 1.89. The van der Waals surface area contributed by atoms with Crippen LogP contribution in [-0.4, -0.2) is 158 Å². The number of unbranched alkanes of at least 4 members (excludes halogenated alkanes) is 1. The Kier molecular flexibility index (Phi) is 36.7. The molecule has 13 heteroatoms. The smallest absolute Gasteiger partial charge is 0.330 e. The molecule has 0 aliphatic rings. The zero-order valence-electron chi connectivity index (χ0n) is 25.8. The minimum Gasteiger partial charge on any atom is -0.460 e. The van der Waals surface area contributed by atoms with Crippen LogP contribution >= 0.6 is 0 Å². The lowest BCUT2D eigenvalue weighted by atomic mass is 10.4. The van der Waals surface area contributed by atoms with Crippen molar-refractivity contribution in [1.82, 2.24) is 0 Å². The Morgan fingerprint density at radius 2 is 0.619 bits per heavy atom. The molecule has 0 amide bonds. The number of esters is 1. The van der Waals surface area contributed by atoms with Gasteiger partial charge in [-0.3, -0.25) is 0 Å². The Balaban J connectivity index is 3.04. The van der Waals surface area contributed by atoms with Crippen LogP contribution in [0.4, 0.5) is 0 Å². The standard InChI is InChI=1S/C29H56O13/c1-3-5-6-31-7-8-32-9-10-33-11-12-34-13-14-35-15-16-36-17-18-37-19-20-38-21-22-39-23-24-40-25-26-41-27-28-42-29(30)4-2/h4H,2-3,5-28H2,1H3. The van der Waals surface area contributed by atoms with Gasteiger partial charge in [0, 0.05) is 12.7 Å². The summed E-state index contributed by atoms with van der Waals surface area (Å²) in [5.74, 6) is -0.458. The van der Waals surface area contributed by atoms with Gasteiger partial charge in [-0.1, -0.05) is 19.9 Å².